The van der Waals surface area contributed by atoms with Crippen molar-refractivity contribution in [1.82, 2.24) is 10.6 Å². The van der Waals surface area contributed by atoms with E-state index in [-0.39, 0.29) is 23.8 Å². The number of nitrogens with one attached hydrogen (secondary N) is 2. The number of hydrogen-bond acceptors (Lipinski definition) is 3. The fourth-order valence-electron chi connectivity index (χ4n) is 1.91. The van der Waals surface area contributed by atoms with Gasteiger partial charge in [0, 0.05) is 18.7 Å². The van der Waals surface area contributed by atoms with Gasteiger partial charge in [0.15, 0.2) is 0 Å². The van der Waals surface area contributed by atoms with Crippen LogP contribution in [-0.4, -0.2) is 36.1 Å². The Labute approximate surface area is 132 Å². The quantitative estimate of drug-likeness (QED) is 0.699. The fraction of sp³-hybridized carbons (Fsp3) is 0.529. The maximum Gasteiger partial charge on any atom is 0.251 e. The molecule has 0 aliphatic heterocycles. The molecule has 1 aromatic rings. The van der Waals surface area contributed by atoms with E-state index in [2.05, 4.69) is 31.4 Å². The topological polar surface area (TPSA) is 78.4 Å². The molecule has 1 unspecified atom stereocenters. The molecule has 1 atom stereocenters. The van der Waals surface area contributed by atoms with Crippen molar-refractivity contribution < 1.29 is 14.7 Å². The minimum absolute atomic E-state index is 0.0289. The number of carbonyl (C=O) groups excluding carboxylic acids is 2. The highest BCUT2D eigenvalue weighted by Crippen LogP contribution is 2.22. The zero-order valence-corrected chi connectivity index (χ0v) is 13.8. The molecule has 0 saturated heterocycles. The monoisotopic (exact) mass is 306 g/mol. The van der Waals surface area contributed by atoms with Gasteiger partial charge in [-0.25, -0.2) is 0 Å². The first-order valence-electron chi connectivity index (χ1n) is 7.55. The molecular weight excluding hydrogens is 280 g/mol. The molecule has 0 aromatic heterocycles. The highest BCUT2D eigenvalue weighted by Gasteiger charge is 2.17. The van der Waals surface area contributed by atoms with Crippen LogP contribution in [0.2, 0.25) is 0 Å². The number of carbonyl (C=O) groups is 2. The molecule has 0 radical (unpaired) electrons. The lowest BCUT2D eigenvalue weighted by molar-refractivity contribution is -0.122. The van der Waals surface area contributed by atoms with Crippen LogP contribution in [0.3, 0.4) is 0 Å². The summed E-state index contributed by atoms with van der Waals surface area (Å²) in [6.45, 7) is 8.40. The van der Waals surface area contributed by atoms with Crippen LogP contribution in [-0.2, 0) is 10.2 Å². The van der Waals surface area contributed by atoms with Gasteiger partial charge in [-0.2, -0.15) is 0 Å². The van der Waals surface area contributed by atoms with E-state index in [1.807, 2.05) is 12.1 Å². The van der Waals surface area contributed by atoms with Gasteiger partial charge in [-0.15, -0.1) is 0 Å². The summed E-state index contributed by atoms with van der Waals surface area (Å²) in [7, 11) is 0. The lowest BCUT2D eigenvalue weighted by atomic mass is 9.86. The van der Waals surface area contributed by atoms with E-state index in [1.165, 1.54) is 0 Å². The molecule has 122 valence electrons. The number of benzene rings is 1. The maximum absolute atomic E-state index is 12.1. The Hall–Kier alpha value is -1.88. The van der Waals surface area contributed by atoms with Gasteiger partial charge in [-0.05, 0) is 36.5 Å². The van der Waals surface area contributed by atoms with Gasteiger partial charge in [-0.1, -0.05) is 32.9 Å². The van der Waals surface area contributed by atoms with Gasteiger partial charge in [-0.3, -0.25) is 9.59 Å². The van der Waals surface area contributed by atoms with Crippen molar-refractivity contribution >= 4 is 11.8 Å². The van der Waals surface area contributed by atoms with Crippen molar-refractivity contribution in [2.75, 3.05) is 13.2 Å². The lowest BCUT2D eigenvalue weighted by Gasteiger charge is -2.19. The van der Waals surface area contributed by atoms with E-state index in [1.54, 1.807) is 19.1 Å². The van der Waals surface area contributed by atoms with Crippen molar-refractivity contribution in [3.05, 3.63) is 35.4 Å². The first kappa shape index (κ1) is 18.2. The Balaban J connectivity index is 2.59. The Morgan fingerprint density at radius 2 is 1.77 bits per heavy atom. The van der Waals surface area contributed by atoms with E-state index in [0.717, 1.165) is 5.56 Å². The molecular formula is C17H26N2O3. The third-order valence-corrected chi connectivity index (χ3v) is 3.39. The van der Waals surface area contributed by atoms with Crippen LogP contribution in [0.5, 0.6) is 0 Å². The number of hydrogen-bond donors (Lipinski definition) is 3. The average molecular weight is 306 g/mol. The second kappa shape index (κ2) is 7.94. The van der Waals surface area contributed by atoms with E-state index in [4.69, 9.17) is 5.11 Å². The van der Waals surface area contributed by atoms with Crippen molar-refractivity contribution in [3.63, 3.8) is 0 Å². The summed E-state index contributed by atoms with van der Waals surface area (Å²) in [4.78, 5) is 23.9. The van der Waals surface area contributed by atoms with Crippen LogP contribution in [0.15, 0.2) is 24.3 Å². The molecule has 5 heteroatoms. The first-order chi connectivity index (χ1) is 10.3. The van der Waals surface area contributed by atoms with Gasteiger partial charge >= 0.3 is 0 Å². The average Bonchev–Trinajstić information content (AvgIpc) is 2.46. The van der Waals surface area contributed by atoms with Crippen molar-refractivity contribution in [2.24, 2.45) is 0 Å². The second-order valence-corrected chi connectivity index (χ2v) is 6.39. The molecule has 5 nitrogen and oxygen atoms in total. The molecule has 1 rings (SSSR count). The minimum atomic E-state index is -0.617. The molecule has 1 aromatic carbocycles. The predicted octanol–water partition coefficient (Wildman–Crippen LogP) is 1.60. The number of rotatable bonds is 6. The minimum Gasteiger partial charge on any atom is -0.396 e. The van der Waals surface area contributed by atoms with Crippen LogP contribution < -0.4 is 10.6 Å². The first-order valence-corrected chi connectivity index (χ1v) is 7.55. The van der Waals surface area contributed by atoms with Crippen molar-refractivity contribution in [2.45, 2.75) is 45.6 Å². The molecule has 0 bridgehead atoms. The number of amides is 2. The van der Waals surface area contributed by atoms with Crippen LogP contribution in [0.25, 0.3) is 0 Å². The van der Waals surface area contributed by atoms with E-state index in [9.17, 15) is 9.59 Å². The third-order valence-electron chi connectivity index (χ3n) is 3.39. The van der Waals surface area contributed by atoms with Gasteiger partial charge in [0.2, 0.25) is 5.91 Å². The summed E-state index contributed by atoms with van der Waals surface area (Å²) in [5.74, 6) is -0.529. The zero-order chi connectivity index (χ0) is 16.8. The van der Waals surface area contributed by atoms with Gasteiger partial charge in [0.1, 0.15) is 6.04 Å². The Morgan fingerprint density at radius 1 is 1.18 bits per heavy atom. The predicted molar refractivity (Wildman–Crippen MR) is 86.8 cm³/mol. The molecule has 0 aliphatic carbocycles. The summed E-state index contributed by atoms with van der Waals surface area (Å²) in [6, 6.07) is 6.79. The summed E-state index contributed by atoms with van der Waals surface area (Å²) in [6.07, 6.45) is 0.501. The van der Waals surface area contributed by atoms with Gasteiger partial charge in [0.05, 0.1) is 0 Å². The number of aliphatic hydroxyl groups excluding tert-OH is 1. The van der Waals surface area contributed by atoms with E-state index < -0.39 is 6.04 Å². The van der Waals surface area contributed by atoms with Crippen molar-refractivity contribution in [3.8, 4) is 0 Å². The van der Waals surface area contributed by atoms with Crippen LogP contribution in [0.1, 0.15) is 50.0 Å². The molecule has 0 spiro atoms. The molecule has 22 heavy (non-hydrogen) atoms. The molecule has 0 heterocycles. The van der Waals surface area contributed by atoms with Gasteiger partial charge < -0.3 is 15.7 Å². The summed E-state index contributed by atoms with van der Waals surface area (Å²) < 4.78 is 0. The summed E-state index contributed by atoms with van der Waals surface area (Å²) in [5, 5.41) is 14.0. The van der Waals surface area contributed by atoms with Gasteiger partial charge in [0.25, 0.3) is 5.91 Å². The van der Waals surface area contributed by atoms with E-state index >= 15 is 0 Å². The summed E-state index contributed by atoms with van der Waals surface area (Å²) in [5.41, 5.74) is 1.72. The SMILES string of the molecule is CC(NC(=O)c1ccc(C(C)(C)C)cc1)C(=O)NCCCO. The summed E-state index contributed by atoms with van der Waals surface area (Å²) >= 11 is 0. The smallest absolute Gasteiger partial charge is 0.251 e. The zero-order valence-electron chi connectivity index (χ0n) is 13.8. The molecule has 3 N–H and O–H groups in total. The Kier molecular flexibility index (Phi) is 6.56. The van der Waals surface area contributed by atoms with Crippen LogP contribution in [0, 0.1) is 0 Å². The van der Waals surface area contributed by atoms with Crippen molar-refractivity contribution in [1.29, 1.82) is 0 Å². The largest absolute Gasteiger partial charge is 0.396 e. The highest BCUT2D eigenvalue weighted by molar-refractivity contribution is 5.97. The molecule has 0 aliphatic rings. The van der Waals surface area contributed by atoms with Crippen LogP contribution >= 0.6 is 0 Å². The molecule has 2 amide bonds. The number of aliphatic hydroxyl groups is 1. The highest BCUT2D eigenvalue weighted by atomic mass is 16.3. The fourth-order valence-corrected chi connectivity index (χ4v) is 1.91. The van der Waals surface area contributed by atoms with Crippen LogP contribution in [0.4, 0.5) is 0 Å². The standard InChI is InChI=1S/C17H26N2O3/c1-12(15(21)18-10-5-11-20)19-16(22)13-6-8-14(9-7-13)17(2,3)4/h6-9,12,20H,5,10-11H2,1-4H3,(H,18,21)(H,19,22). The third kappa shape index (κ3) is 5.48. The molecule has 0 fully saturated rings. The second-order valence-electron chi connectivity index (χ2n) is 6.39. The molecule has 0 saturated carbocycles. The Morgan fingerprint density at radius 3 is 2.27 bits per heavy atom. The maximum atomic E-state index is 12.1. The van der Waals surface area contributed by atoms with E-state index in [0.29, 0.717) is 18.5 Å². The lowest BCUT2D eigenvalue weighted by Crippen LogP contribution is -2.45. The Bertz CT molecular complexity index is 504. The normalized spacial score (nSPS) is 12.6.